The molecule has 10 rings (SSSR count). The van der Waals surface area contributed by atoms with Crippen LogP contribution in [0.4, 0.5) is 24.4 Å². The smallest absolute Gasteiger partial charge is 0.409 e. The number of hydrogen-bond donors (Lipinski definition) is 2. The van der Waals surface area contributed by atoms with Crippen LogP contribution in [0.1, 0.15) is 63.0 Å². The number of benzene rings is 1. The van der Waals surface area contributed by atoms with E-state index in [0.717, 1.165) is 56.4 Å². The number of pyridine rings is 1. The highest BCUT2D eigenvalue weighted by atomic mass is 32.1. The third-order valence-corrected chi connectivity index (χ3v) is 13.8. The molecule has 14 nitrogen and oxygen atoms in total. The lowest BCUT2D eigenvalue weighted by Gasteiger charge is -2.35. The van der Waals surface area contributed by atoms with E-state index in [1.54, 1.807) is 4.90 Å². The van der Waals surface area contributed by atoms with E-state index in [9.17, 15) is 14.9 Å². The van der Waals surface area contributed by atoms with E-state index in [-0.39, 0.29) is 97.8 Å². The predicted molar refractivity (Wildman–Crippen MR) is 205 cm³/mol. The summed E-state index contributed by atoms with van der Waals surface area (Å²) in [4.78, 5) is 43.3. The number of nitrogen functional groups attached to an aromatic ring is 1. The molecule has 56 heavy (non-hydrogen) atoms. The molecule has 5 aliphatic heterocycles. The Hall–Kier alpha value is -4.63. The lowest BCUT2D eigenvalue weighted by molar-refractivity contribution is 0.0138. The Kier molecular flexibility index (Phi) is 8.80. The number of halogens is 2. The summed E-state index contributed by atoms with van der Waals surface area (Å²) in [6, 6.07) is 4.85. The van der Waals surface area contributed by atoms with E-state index in [1.807, 2.05) is 0 Å². The van der Waals surface area contributed by atoms with Crippen LogP contribution >= 0.6 is 11.3 Å². The van der Waals surface area contributed by atoms with Crippen LogP contribution in [-0.4, -0.2) is 113 Å². The maximum atomic E-state index is 17.6. The van der Waals surface area contributed by atoms with Crippen molar-refractivity contribution in [2.75, 3.05) is 69.8 Å². The summed E-state index contributed by atoms with van der Waals surface area (Å²) < 4.78 is 52.1. The first-order valence-corrected chi connectivity index (χ1v) is 20.5. The van der Waals surface area contributed by atoms with Gasteiger partial charge < -0.3 is 39.6 Å². The number of aromatic nitrogens is 3. The van der Waals surface area contributed by atoms with Crippen molar-refractivity contribution < 1.29 is 27.8 Å². The Bertz CT molecular complexity index is 2350. The summed E-state index contributed by atoms with van der Waals surface area (Å²) in [5.41, 5.74) is 5.44. The molecule has 2 unspecified atom stereocenters. The molecule has 6 fully saturated rings. The molecule has 1 amide bonds. The Balaban J connectivity index is 1.04. The fraction of sp³-hybridized carbons (Fsp3) is 0.564. The number of thiophene rings is 1. The minimum atomic E-state index is -0.761. The molecule has 3 N–H and O–H groups in total. The number of fused-ring (bicyclic) bond motifs is 5. The topological polar surface area (TPSA) is 164 Å². The van der Waals surface area contributed by atoms with E-state index in [0.29, 0.717) is 58.1 Å². The van der Waals surface area contributed by atoms with Gasteiger partial charge >= 0.3 is 12.1 Å². The Morgan fingerprint density at radius 1 is 1.07 bits per heavy atom. The Labute approximate surface area is 325 Å². The van der Waals surface area contributed by atoms with E-state index < -0.39 is 17.2 Å². The van der Waals surface area contributed by atoms with Crippen LogP contribution < -0.4 is 26.2 Å². The van der Waals surface area contributed by atoms with Crippen LogP contribution in [0.15, 0.2) is 16.9 Å². The van der Waals surface area contributed by atoms with Crippen molar-refractivity contribution >= 4 is 49.2 Å². The highest BCUT2D eigenvalue weighted by Crippen LogP contribution is 2.47. The Morgan fingerprint density at radius 2 is 1.86 bits per heavy atom. The standard InChI is InChI=1S/C39H43F2N9O5S/c40-27-7-6-25(28-26(16-42)34(43)56-33(27)28)32-30(41)31-29(36(51)50(32)23-4-5-23)35(48-17-21-2-3-22(18-48)44-21)46-37(45-31)55-20-39-9-1-11-49(39)24(8-10-39)19-54-38(52)47-12-14-53-15-13-47/h6-7,21-24,44H,1-5,8-15,17-20,43H2/t21?,22?,24-,39-/m1/s1. The molecule has 3 aromatic heterocycles. The van der Waals surface area contributed by atoms with Gasteiger partial charge in [-0.25, -0.2) is 13.6 Å². The summed E-state index contributed by atoms with van der Waals surface area (Å²) in [5.74, 6) is -1.000. The normalized spacial score (nSPS) is 26.3. The molecule has 4 aromatic rings. The number of nitrogens with zero attached hydrogens (tertiary/aromatic N) is 7. The van der Waals surface area contributed by atoms with Crippen molar-refractivity contribution in [3.05, 3.63) is 39.7 Å². The number of morpholine rings is 1. The van der Waals surface area contributed by atoms with E-state index in [2.05, 4.69) is 26.2 Å². The molecule has 8 heterocycles. The van der Waals surface area contributed by atoms with Gasteiger partial charge in [0, 0.05) is 61.3 Å². The molecular weight excluding hydrogens is 745 g/mol. The third-order valence-electron chi connectivity index (χ3n) is 12.7. The summed E-state index contributed by atoms with van der Waals surface area (Å²) in [6.45, 7) is 4.58. The number of anilines is 2. The first kappa shape index (κ1) is 35.8. The van der Waals surface area contributed by atoms with E-state index in [1.165, 1.54) is 16.7 Å². The number of carbonyl (C=O) groups excluding carboxylic acids is 1. The zero-order chi connectivity index (χ0) is 38.3. The number of hydrogen-bond acceptors (Lipinski definition) is 13. The molecule has 2 bridgehead atoms. The highest BCUT2D eigenvalue weighted by molar-refractivity contribution is 7.23. The first-order chi connectivity index (χ1) is 27.2. The number of ether oxygens (including phenoxy) is 3. The van der Waals surface area contributed by atoms with Crippen LogP contribution in [0.2, 0.25) is 0 Å². The largest absolute Gasteiger partial charge is 0.461 e. The molecule has 294 valence electrons. The maximum Gasteiger partial charge on any atom is 0.409 e. The molecule has 6 aliphatic rings. The lowest BCUT2D eigenvalue weighted by atomic mass is 9.95. The molecule has 1 aromatic carbocycles. The Morgan fingerprint density at radius 3 is 2.61 bits per heavy atom. The van der Waals surface area contributed by atoms with Crippen molar-refractivity contribution in [2.24, 2.45) is 0 Å². The van der Waals surface area contributed by atoms with Gasteiger partial charge in [0.25, 0.3) is 5.56 Å². The van der Waals surface area contributed by atoms with E-state index in [4.69, 9.17) is 24.9 Å². The van der Waals surface area contributed by atoms with Crippen LogP contribution in [0, 0.1) is 23.0 Å². The second-order valence-corrected chi connectivity index (χ2v) is 17.1. The fourth-order valence-corrected chi connectivity index (χ4v) is 10.9. The molecule has 5 saturated heterocycles. The monoisotopic (exact) mass is 787 g/mol. The quantitative estimate of drug-likeness (QED) is 0.257. The van der Waals surface area contributed by atoms with Gasteiger partial charge in [-0.05, 0) is 70.0 Å². The van der Waals surface area contributed by atoms with Crippen molar-refractivity contribution in [1.82, 2.24) is 29.7 Å². The van der Waals surface area contributed by atoms with Gasteiger partial charge in [0.2, 0.25) is 0 Å². The number of amides is 1. The molecule has 1 aliphatic carbocycles. The van der Waals surface area contributed by atoms with Gasteiger partial charge in [-0.1, -0.05) is 0 Å². The van der Waals surface area contributed by atoms with Crippen LogP contribution in [-0.2, 0) is 9.47 Å². The van der Waals surface area contributed by atoms with Gasteiger partial charge in [-0.3, -0.25) is 9.69 Å². The number of rotatable bonds is 8. The van der Waals surface area contributed by atoms with Crippen LogP contribution in [0.5, 0.6) is 6.01 Å². The molecule has 0 radical (unpaired) electrons. The average Bonchev–Trinajstić information content (AvgIpc) is 3.54. The van der Waals surface area contributed by atoms with E-state index >= 15 is 8.78 Å². The zero-order valence-electron chi connectivity index (χ0n) is 30.9. The number of nitriles is 1. The summed E-state index contributed by atoms with van der Waals surface area (Å²) in [5, 5.41) is 14.1. The number of piperazine rings is 1. The second-order valence-electron chi connectivity index (χ2n) is 16.1. The number of nitrogens with two attached hydrogens (primary N) is 1. The molecule has 1 saturated carbocycles. The fourth-order valence-electron chi connectivity index (χ4n) is 9.91. The summed E-state index contributed by atoms with van der Waals surface area (Å²) in [7, 11) is 0. The van der Waals surface area contributed by atoms with Gasteiger partial charge in [0.1, 0.15) is 46.8 Å². The number of nitrogens with one attached hydrogen (secondary N) is 1. The molecule has 4 atom stereocenters. The molecule has 0 spiro atoms. The molecular formula is C39H43F2N9O5S. The van der Waals surface area contributed by atoms with Crippen molar-refractivity contribution in [3.63, 3.8) is 0 Å². The third kappa shape index (κ3) is 5.86. The zero-order valence-corrected chi connectivity index (χ0v) is 31.7. The van der Waals surface area contributed by atoms with Gasteiger partial charge in [-0.2, -0.15) is 15.2 Å². The number of carbonyl (C=O) groups is 1. The van der Waals surface area contributed by atoms with Gasteiger partial charge in [0.15, 0.2) is 5.82 Å². The van der Waals surface area contributed by atoms with Gasteiger partial charge in [-0.15, -0.1) is 11.3 Å². The van der Waals surface area contributed by atoms with Crippen molar-refractivity contribution in [3.8, 4) is 23.3 Å². The first-order valence-electron chi connectivity index (χ1n) is 19.7. The maximum absolute atomic E-state index is 17.6. The summed E-state index contributed by atoms with van der Waals surface area (Å²) in [6.07, 6.45) is 6.47. The second kappa shape index (κ2) is 13.8. The predicted octanol–water partition coefficient (Wildman–Crippen LogP) is 4.53. The minimum Gasteiger partial charge on any atom is -0.461 e. The van der Waals surface area contributed by atoms with Crippen LogP contribution in [0.3, 0.4) is 0 Å². The van der Waals surface area contributed by atoms with Crippen LogP contribution in [0.25, 0.3) is 32.2 Å². The highest BCUT2D eigenvalue weighted by Gasteiger charge is 2.50. The minimum absolute atomic E-state index is 0.0306. The SMILES string of the molecule is N#Cc1c(N)sc2c(F)ccc(-c3c(F)c4nc(OC[C@]56CCCN5[C@@H](COC(=O)N5CCOCC5)CC6)nc(N5CC6CCC(C5)N6)c4c(=O)n3C3CC3)c12. The van der Waals surface area contributed by atoms with Gasteiger partial charge in [0.05, 0.1) is 34.7 Å². The molecule has 17 heteroatoms. The van der Waals surface area contributed by atoms with Crippen molar-refractivity contribution in [2.45, 2.75) is 81.1 Å². The van der Waals surface area contributed by atoms with Crippen molar-refractivity contribution in [1.29, 1.82) is 5.26 Å². The lowest BCUT2D eigenvalue weighted by Crippen LogP contribution is -2.51. The summed E-state index contributed by atoms with van der Waals surface area (Å²) >= 11 is 0.926. The average molecular weight is 788 g/mol.